The molecule has 3 aliphatic rings. The Labute approximate surface area is 164 Å². The fraction of sp³-hybridized carbons (Fsp3) is 0.500. The molecule has 3 heterocycles. The number of carbonyl (C=O) groups is 2. The van der Waals surface area contributed by atoms with Gasteiger partial charge in [-0.25, -0.2) is 4.98 Å². The SMILES string of the molecule is O=C(c1cnc[nH]1)N1[C@H]2CC[C@@H]1[C@](Cc1ccccc1)(C(=O)NC1CCC1)C2. The first-order valence-electron chi connectivity index (χ1n) is 10.3. The van der Waals surface area contributed by atoms with E-state index in [1.165, 1.54) is 12.7 Å². The zero-order valence-corrected chi connectivity index (χ0v) is 15.9. The number of nitrogens with one attached hydrogen (secondary N) is 2. The Morgan fingerprint density at radius 1 is 1.18 bits per heavy atom. The first kappa shape index (κ1) is 17.5. The monoisotopic (exact) mass is 378 g/mol. The van der Waals surface area contributed by atoms with Gasteiger partial charge in [0.15, 0.2) is 0 Å². The van der Waals surface area contributed by atoms with Crippen LogP contribution >= 0.6 is 0 Å². The standard InChI is InChI=1S/C22H26N4O2/c27-20(18-13-23-14-24-18)26-17-9-10-19(26)22(12-17,11-15-5-2-1-3-6-15)21(28)25-16-7-4-8-16/h1-3,5-6,13-14,16-17,19H,4,7-12H2,(H,23,24)(H,25,28)/t17-,19+,22+/m0/s1. The molecular formula is C22H26N4O2. The summed E-state index contributed by atoms with van der Waals surface area (Å²) in [7, 11) is 0. The lowest BCUT2D eigenvalue weighted by Crippen LogP contribution is -2.54. The number of aromatic amines is 1. The highest BCUT2D eigenvalue weighted by molar-refractivity contribution is 5.95. The largest absolute Gasteiger partial charge is 0.353 e. The second kappa shape index (κ2) is 6.76. The van der Waals surface area contributed by atoms with Gasteiger partial charge in [-0.3, -0.25) is 9.59 Å². The minimum Gasteiger partial charge on any atom is -0.353 e. The Morgan fingerprint density at radius 2 is 2.00 bits per heavy atom. The number of imidazole rings is 1. The van der Waals surface area contributed by atoms with Gasteiger partial charge in [-0.05, 0) is 50.5 Å². The smallest absolute Gasteiger partial charge is 0.272 e. The molecule has 2 aromatic rings. The minimum atomic E-state index is -0.546. The van der Waals surface area contributed by atoms with Crippen LogP contribution in [0, 0.1) is 5.41 Å². The molecular weight excluding hydrogens is 352 g/mol. The third-order valence-corrected chi connectivity index (χ3v) is 6.96. The van der Waals surface area contributed by atoms with E-state index in [-0.39, 0.29) is 23.9 Å². The quantitative estimate of drug-likeness (QED) is 0.840. The van der Waals surface area contributed by atoms with Crippen molar-refractivity contribution in [2.24, 2.45) is 5.41 Å². The maximum atomic E-state index is 13.6. The summed E-state index contributed by atoms with van der Waals surface area (Å²) in [5.74, 6) is 0.104. The van der Waals surface area contributed by atoms with Crippen molar-refractivity contribution in [2.45, 2.75) is 63.1 Å². The molecule has 1 saturated carbocycles. The molecule has 2 bridgehead atoms. The number of hydrogen-bond donors (Lipinski definition) is 2. The molecule has 146 valence electrons. The van der Waals surface area contributed by atoms with Crippen LogP contribution in [-0.4, -0.2) is 44.8 Å². The van der Waals surface area contributed by atoms with Gasteiger partial charge in [0.2, 0.25) is 5.91 Å². The topological polar surface area (TPSA) is 78.1 Å². The highest BCUT2D eigenvalue weighted by Crippen LogP contribution is 2.52. The van der Waals surface area contributed by atoms with Gasteiger partial charge in [0.25, 0.3) is 5.91 Å². The Bertz CT molecular complexity index is 862. The highest BCUT2D eigenvalue weighted by atomic mass is 16.2. The summed E-state index contributed by atoms with van der Waals surface area (Å²) in [6, 6.07) is 10.6. The van der Waals surface area contributed by atoms with Crippen LogP contribution in [0.15, 0.2) is 42.9 Å². The van der Waals surface area contributed by atoms with Crippen molar-refractivity contribution in [2.75, 3.05) is 0 Å². The lowest BCUT2D eigenvalue weighted by Gasteiger charge is -2.39. The van der Waals surface area contributed by atoms with Crippen LogP contribution in [0.2, 0.25) is 0 Å². The van der Waals surface area contributed by atoms with Gasteiger partial charge < -0.3 is 15.2 Å². The van der Waals surface area contributed by atoms with Crippen LogP contribution in [0.3, 0.4) is 0 Å². The average Bonchev–Trinajstić information content (AvgIpc) is 3.40. The van der Waals surface area contributed by atoms with Gasteiger partial charge >= 0.3 is 0 Å². The van der Waals surface area contributed by atoms with Crippen LogP contribution in [0.4, 0.5) is 0 Å². The number of nitrogens with zero attached hydrogens (tertiary/aromatic N) is 2. The van der Waals surface area contributed by atoms with Gasteiger partial charge in [0, 0.05) is 18.1 Å². The molecule has 0 spiro atoms. The van der Waals surface area contributed by atoms with E-state index < -0.39 is 5.41 Å². The second-order valence-corrected chi connectivity index (χ2v) is 8.55. The predicted molar refractivity (Wildman–Crippen MR) is 105 cm³/mol. The fourth-order valence-corrected chi connectivity index (χ4v) is 5.36. The third-order valence-electron chi connectivity index (χ3n) is 6.96. The lowest BCUT2D eigenvalue weighted by molar-refractivity contribution is -0.134. The van der Waals surface area contributed by atoms with Gasteiger partial charge in [-0.1, -0.05) is 30.3 Å². The molecule has 5 rings (SSSR count). The average molecular weight is 378 g/mol. The maximum Gasteiger partial charge on any atom is 0.272 e. The van der Waals surface area contributed by atoms with Crippen LogP contribution in [0.1, 0.15) is 54.6 Å². The molecule has 1 aromatic heterocycles. The number of H-pyrrole nitrogens is 1. The Morgan fingerprint density at radius 3 is 2.68 bits per heavy atom. The summed E-state index contributed by atoms with van der Waals surface area (Å²) in [5.41, 5.74) is 1.12. The summed E-state index contributed by atoms with van der Waals surface area (Å²) >= 11 is 0. The number of benzene rings is 1. The van der Waals surface area contributed by atoms with Crippen molar-refractivity contribution in [3.8, 4) is 0 Å². The Balaban J connectivity index is 1.48. The predicted octanol–water partition coefficient (Wildman–Crippen LogP) is 2.68. The van der Waals surface area contributed by atoms with E-state index in [1.807, 2.05) is 23.1 Å². The second-order valence-electron chi connectivity index (χ2n) is 8.55. The molecule has 1 aliphatic carbocycles. The summed E-state index contributed by atoms with van der Waals surface area (Å²) in [4.78, 5) is 35.6. The third kappa shape index (κ3) is 2.74. The molecule has 2 N–H and O–H groups in total. The zero-order chi connectivity index (χ0) is 19.1. The maximum absolute atomic E-state index is 13.6. The van der Waals surface area contributed by atoms with Gasteiger partial charge in [0.05, 0.1) is 17.9 Å². The molecule has 1 aromatic carbocycles. The van der Waals surface area contributed by atoms with Crippen LogP contribution in [-0.2, 0) is 11.2 Å². The highest BCUT2D eigenvalue weighted by Gasteiger charge is 2.61. The van der Waals surface area contributed by atoms with Crippen molar-refractivity contribution < 1.29 is 9.59 Å². The van der Waals surface area contributed by atoms with Crippen molar-refractivity contribution in [1.82, 2.24) is 20.2 Å². The van der Waals surface area contributed by atoms with E-state index in [4.69, 9.17) is 0 Å². The van der Waals surface area contributed by atoms with Crippen LogP contribution in [0.5, 0.6) is 0 Å². The van der Waals surface area contributed by atoms with Gasteiger partial charge in [0.1, 0.15) is 5.69 Å². The molecule has 2 amide bonds. The van der Waals surface area contributed by atoms with Crippen molar-refractivity contribution >= 4 is 11.8 Å². The van der Waals surface area contributed by atoms with E-state index in [2.05, 4.69) is 27.4 Å². The fourth-order valence-electron chi connectivity index (χ4n) is 5.36. The van der Waals surface area contributed by atoms with Crippen molar-refractivity contribution in [3.05, 3.63) is 54.1 Å². The number of rotatable bonds is 5. The number of aromatic nitrogens is 2. The first-order chi connectivity index (χ1) is 13.7. The Kier molecular flexibility index (Phi) is 4.22. The molecule has 2 aliphatic heterocycles. The molecule has 6 nitrogen and oxygen atoms in total. The number of hydrogen-bond acceptors (Lipinski definition) is 3. The minimum absolute atomic E-state index is 0.0311. The Hall–Kier alpha value is -2.63. The van der Waals surface area contributed by atoms with Crippen molar-refractivity contribution in [1.29, 1.82) is 0 Å². The number of amides is 2. The summed E-state index contributed by atoms with van der Waals surface area (Å²) in [5, 5.41) is 3.30. The van der Waals surface area contributed by atoms with Gasteiger partial charge in [-0.2, -0.15) is 0 Å². The number of fused-ring (bicyclic) bond motifs is 2. The van der Waals surface area contributed by atoms with Crippen molar-refractivity contribution in [3.63, 3.8) is 0 Å². The summed E-state index contributed by atoms with van der Waals surface area (Å²) in [6.45, 7) is 0. The summed E-state index contributed by atoms with van der Waals surface area (Å²) < 4.78 is 0. The van der Waals surface area contributed by atoms with E-state index in [1.54, 1.807) is 6.20 Å². The normalized spacial score (nSPS) is 28.9. The lowest BCUT2D eigenvalue weighted by atomic mass is 9.69. The first-order valence-corrected chi connectivity index (χ1v) is 10.3. The number of carbonyl (C=O) groups excluding carboxylic acids is 2. The molecule has 2 saturated heterocycles. The molecule has 0 unspecified atom stereocenters. The molecule has 28 heavy (non-hydrogen) atoms. The molecule has 6 heteroatoms. The van der Waals surface area contributed by atoms with E-state index in [0.29, 0.717) is 18.2 Å². The zero-order valence-electron chi connectivity index (χ0n) is 15.9. The van der Waals surface area contributed by atoms with Gasteiger partial charge in [-0.15, -0.1) is 0 Å². The van der Waals surface area contributed by atoms with E-state index in [9.17, 15) is 9.59 Å². The molecule has 0 radical (unpaired) electrons. The summed E-state index contributed by atoms with van der Waals surface area (Å²) in [6.07, 6.45) is 9.71. The van der Waals surface area contributed by atoms with E-state index in [0.717, 1.165) is 37.7 Å². The van der Waals surface area contributed by atoms with Crippen LogP contribution < -0.4 is 5.32 Å². The van der Waals surface area contributed by atoms with Crippen LogP contribution in [0.25, 0.3) is 0 Å². The molecule has 3 atom stereocenters. The van der Waals surface area contributed by atoms with E-state index >= 15 is 0 Å². The molecule has 3 fully saturated rings.